The van der Waals surface area contributed by atoms with Gasteiger partial charge in [0.1, 0.15) is 6.04 Å². The number of benzene rings is 1. The smallest absolute Gasteiger partial charge is 0.252 e. The Bertz CT molecular complexity index is 629. The molecule has 0 aliphatic carbocycles. The number of nitrogens with one attached hydrogen (secondary N) is 1. The second kappa shape index (κ2) is 7.16. The SMILES string of the molecule is NC(=O)[C@@H](Cc1ccc(I)cc1)NC(=O)c1ccncc1. The first-order chi connectivity index (χ1) is 10.1. The average molecular weight is 395 g/mol. The molecule has 21 heavy (non-hydrogen) atoms. The Morgan fingerprint density at radius 2 is 1.76 bits per heavy atom. The lowest BCUT2D eigenvalue weighted by atomic mass is 10.1. The van der Waals surface area contributed by atoms with Gasteiger partial charge in [-0.25, -0.2) is 0 Å². The van der Waals surface area contributed by atoms with E-state index in [0.717, 1.165) is 9.13 Å². The summed E-state index contributed by atoms with van der Waals surface area (Å²) in [5.41, 5.74) is 6.76. The zero-order valence-electron chi connectivity index (χ0n) is 11.1. The predicted octanol–water partition coefficient (Wildman–Crippen LogP) is 1.51. The fraction of sp³-hybridized carbons (Fsp3) is 0.133. The van der Waals surface area contributed by atoms with E-state index in [0.29, 0.717) is 12.0 Å². The molecule has 0 bridgehead atoms. The second-order valence-electron chi connectivity index (χ2n) is 4.49. The molecule has 2 rings (SSSR count). The number of pyridine rings is 1. The Morgan fingerprint density at radius 3 is 2.33 bits per heavy atom. The molecular weight excluding hydrogens is 381 g/mol. The summed E-state index contributed by atoms with van der Waals surface area (Å²) >= 11 is 2.20. The maximum Gasteiger partial charge on any atom is 0.252 e. The van der Waals surface area contributed by atoms with Crippen LogP contribution in [0.3, 0.4) is 0 Å². The van der Waals surface area contributed by atoms with Gasteiger partial charge in [0.15, 0.2) is 0 Å². The molecule has 0 aliphatic heterocycles. The summed E-state index contributed by atoms with van der Waals surface area (Å²) in [5, 5.41) is 2.65. The molecule has 0 unspecified atom stereocenters. The first kappa shape index (κ1) is 15.4. The molecule has 108 valence electrons. The van der Waals surface area contributed by atoms with Crippen LogP contribution in [0.15, 0.2) is 48.8 Å². The lowest BCUT2D eigenvalue weighted by molar-refractivity contribution is -0.119. The monoisotopic (exact) mass is 395 g/mol. The standard InChI is InChI=1S/C15H14IN3O2/c16-12-3-1-10(2-4-12)9-13(14(17)20)19-15(21)11-5-7-18-8-6-11/h1-8,13H,9H2,(H2,17,20)(H,19,21)/t13-/m1/s1. The highest BCUT2D eigenvalue weighted by Gasteiger charge is 2.19. The van der Waals surface area contributed by atoms with E-state index in [1.54, 1.807) is 12.1 Å². The third kappa shape index (κ3) is 4.52. The molecule has 0 radical (unpaired) electrons. The molecule has 0 saturated heterocycles. The molecule has 6 heteroatoms. The quantitative estimate of drug-likeness (QED) is 0.753. The predicted molar refractivity (Wildman–Crippen MR) is 87.5 cm³/mol. The number of nitrogens with zero attached hydrogens (tertiary/aromatic N) is 1. The number of rotatable bonds is 5. The van der Waals surface area contributed by atoms with Crippen molar-refractivity contribution in [2.75, 3.05) is 0 Å². The van der Waals surface area contributed by atoms with Gasteiger partial charge in [0, 0.05) is 27.9 Å². The zero-order chi connectivity index (χ0) is 15.2. The fourth-order valence-corrected chi connectivity index (χ4v) is 2.18. The summed E-state index contributed by atoms with van der Waals surface area (Å²) in [5.74, 6) is -0.900. The molecule has 0 saturated carbocycles. The van der Waals surface area contributed by atoms with Crippen molar-refractivity contribution in [2.45, 2.75) is 12.5 Å². The summed E-state index contributed by atoms with van der Waals surface area (Å²) in [7, 11) is 0. The molecule has 1 aromatic heterocycles. The highest BCUT2D eigenvalue weighted by Crippen LogP contribution is 2.09. The van der Waals surface area contributed by atoms with Gasteiger partial charge < -0.3 is 11.1 Å². The van der Waals surface area contributed by atoms with Gasteiger partial charge in [-0.15, -0.1) is 0 Å². The molecule has 1 heterocycles. The largest absolute Gasteiger partial charge is 0.368 e. The van der Waals surface area contributed by atoms with Crippen molar-refractivity contribution in [3.8, 4) is 0 Å². The average Bonchev–Trinajstić information content (AvgIpc) is 2.49. The Morgan fingerprint density at radius 1 is 1.14 bits per heavy atom. The number of hydrogen-bond acceptors (Lipinski definition) is 3. The first-order valence-electron chi connectivity index (χ1n) is 6.31. The van der Waals surface area contributed by atoms with E-state index in [1.807, 2.05) is 24.3 Å². The van der Waals surface area contributed by atoms with E-state index in [2.05, 4.69) is 32.9 Å². The summed E-state index contributed by atoms with van der Waals surface area (Å²) in [6, 6.07) is 10.1. The molecule has 1 aromatic carbocycles. The number of amides is 2. The van der Waals surface area contributed by atoms with Crippen molar-refractivity contribution in [2.24, 2.45) is 5.73 Å². The molecule has 0 aliphatic rings. The highest BCUT2D eigenvalue weighted by molar-refractivity contribution is 14.1. The third-order valence-electron chi connectivity index (χ3n) is 2.94. The second-order valence-corrected chi connectivity index (χ2v) is 5.74. The number of carbonyl (C=O) groups excluding carboxylic acids is 2. The van der Waals surface area contributed by atoms with Crippen molar-refractivity contribution in [3.63, 3.8) is 0 Å². The minimum atomic E-state index is -0.745. The number of hydrogen-bond donors (Lipinski definition) is 2. The van der Waals surface area contributed by atoms with Crippen molar-refractivity contribution < 1.29 is 9.59 Å². The van der Waals surface area contributed by atoms with Crippen LogP contribution < -0.4 is 11.1 Å². The van der Waals surface area contributed by atoms with Gasteiger partial charge in [0.2, 0.25) is 5.91 Å². The van der Waals surface area contributed by atoms with Crippen molar-refractivity contribution in [1.29, 1.82) is 0 Å². The van der Waals surface area contributed by atoms with Gasteiger partial charge in [-0.2, -0.15) is 0 Å². The summed E-state index contributed by atoms with van der Waals surface area (Å²) < 4.78 is 1.10. The van der Waals surface area contributed by atoms with Gasteiger partial charge >= 0.3 is 0 Å². The first-order valence-corrected chi connectivity index (χ1v) is 7.39. The minimum Gasteiger partial charge on any atom is -0.368 e. The fourth-order valence-electron chi connectivity index (χ4n) is 1.82. The van der Waals surface area contributed by atoms with Crippen molar-refractivity contribution in [1.82, 2.24) is 10.3 Å². The van der Waals surface area contributed by atoms with Crippen LogP contribution in [0.4, 0.5) is 0 Å². The van der Waals surface area contributed by atoms with Crippen LogP contribution in [0.5, 0.6) is 0 Å². The normalized spacial score (nSPS) is 11.7. The van der Waals surface area contributed by atoms with Gasteiger partial charge in [-0.1, -0.05) is 12.1 Å². The molecule has 3 N–H and O–H groups in total. The van der Waals surface area contributed by atoms with Gasteiger partial charge in [-0.3, -0.25) is 14.6 Å². The lowest BCUT2D eigenvalue weighted by Crippen LogP contribution is -2.45. The molecule has 2 amide bonds. The topological polar surface area (TPSA) is 85.1 Å². The maximum atomic E-state index is 12.1. The number of primary amides is 1. The van der Waals surface area contributed by atoms with Gasteiger partial charge in [-0.05, 0) is 52.4 Å². The number of nitrogens with two attached hydrogens (primary N) is 1. The van der Waals surface area contributed by atoms with E-state index in [1.165, 1.54) is 12.4 Å². The third-order valence-corrected chi connectivity index (χ3v) is 3.66. The van der Waals surface area contributed by atoms with E-state index in [9.17, 15) is 9.59 Å². The molecule has 2 aromatic rings. The molecule has 1 atom stereocenters. The van der Waals surface area contributed by atoms with E-state index < -0.39 is 11.9 Å². The highest BCUT2D eigenvalue weighted by atomic mass is 127. The molecule has 0 spiro atoms. The molecule has 0 fully saturated rings. The zero-order valence-corrected chi connectivity index (χ0v) is 13.3. The summed E-state index contributed by atoms with van der Waals surface area (Å²) in [6.07, 6.45) is 3.41. The van der Waals surface area contributed by atoms with Crippen LogP contribution in [0.25, 0.3) is 0 Å². The van der Waals surface area contributed by atoms with Crippen LogP contribution in [0.1, 0.15) is 15.9 Å². The maximum absolute atomic E-state index is 12.1. The van der Waals surface area contributed by atoms with Crippen molar-refractivity contribution in [3.05, 3.63) is 63.5 Å². The summed E-state index contributed by atoms with van der Waals surface area (Å²) in [4.78, 5) is 27.4. The lowest BCUT2D eigenvalue weighted by Gasteiger charge is -2.15. The number of halogens is 1. The van der Waals surface area contributed by atoms with Crippen molar-refractivity contribution >= 4 is 34.4 Å². The Labute approximate surface area is 136 Å². The van der Waals surface area contributed by atoms with Gasteiger partial charge in [0.05, 0.1) is 0 Å². The van der Waals surface area contributed by atoms with E-state index in [4.69, 9.17) is 5.73 Å². The number of aromatic nitrogens is 1. The van der Waals surface area contributed by atoms with Crippen LogP contribution in [0.2, 0.25) is 0 Å². The van der Waals surface area contributed by atoms with Crippen LogP contribution in [-0.2, 0) is 11.2 Å². The Kier molecular flexibility index (Phi) is 5.26. The Balaban J connectivity index is 2.07. The van der Waals surface area contributed by atoms with Crippen LogP contribution in [-0.4, -0.2) is 22.8 Å². The van der Waals surface area contributed by atoms with Gasteiger partial charge in [0.25, 0.3) is 5.91 Å². The number of carbonyl (C=O) groups is 2. The Hall–Kier alpha value is -1.96. The van der Waals surface area contributed by atoms with Crippen LogP contribution in [0, 0.1) is 3.57 Å². The summed E-state index contributed by atoms with van der Waals surface area (Å²) in [6.45, 7) is 0. The van der Waals surface area contributed by atoms with E-state index >= 15 is 0 Å². The molecular formula is C15H14IN3O2. The molecule has 5 nitrogen and oxygen atoms in total. The minimum absolute atomic E-state index is 0.341. The van der Waals surface area contributed by atoms with E-state index in [-0.39, 0.29) is 5.91 Å². The van der Waals surface area contributed by atoms with Crippen LogP contribution >= 0.6 is 22.6 Å².